The Morgan fingerprint density at radius 2 is 2.04 bits per heavy atom. The molecule has 0 saturated carbocycles. The van der Waals surface area contributed by atoms with Crippen LogP contribution in [0.25, 0.3) is 0 Å². The summed E-state index contributed by atoms with van der Waals surface area (Å²) in [6.45, 7) is 8.07. The number of benzene rings is 1. The Bertz CT molecular complexity index is 790. The summed E-state index contributed by atoms with van der Waals surface area (Å²) in [7, 11) is -1.74. The van der Waals surface area contributed by atoms with Crippen LogP contribution >= 0.6 is 0 Å². The molecule has 0 saturated heterocycles. The molecule has 7 nitrogen and oxygen atoms in total. The van der Waals surface area contributed by atoms with Gasteiger partial charge < -0.3 is 14.2 Å². The number of fused-ring (bicyclic) bond motifs is 1. The number of nitrogens with zero attached hydrogens (tertiary/aromatic N) is 1. The Morgan fingerprint density at radius 3 is 2.68 bits per heavy atom. The van der Waals surface area contributed by atoms with Crippen molar-refractivity contribution < 1.29 is 27.4 Å². The van der Waals surface area contributed by atoms with E-state index in [1.165, 1.54) is 4.31 Å². The zero-order valence-corrected chi connectivity index (χ0v) is 18.2. The highest BCUT2D eigenvalue weighted by Gasteiger charge is 2.39. The van der Waals surface area contributed by atoms with Crippen LogP contribution in [0.3, 0.4) is 0 Å². The molecule has 0 aromatic heterocycles. The van der Waals surface area contributed by atoms with Gasteiger partial charge in [-0.15, -0.1) is 0 Å². The number of sulfonamides is 1. The summed E-state index contributed by atoms with van der Waals surface area (Å²) in [5.41, 5.74) is 0.318. The van der Waals surface area contributed by atoms with Crippen molar-refractivity contribution in [2.75, 3.05) is 26.0 Å². The van der Waals surface area contributed by atoms with Crippen LogP contribution in [0.4, 0.5) is 0 Å². The lowest BCUT2D eigenvalue weighted by atomic mass is 9.89. The molecule has 1 aliphatic heterocycles. The van der Waals surface area contributed by atoms with Gasteiger partial charge in [-0.25, -0.2) is 8.42 Å². The predicted octanol–water partition coefficient (Wildman–Crippen LogP) is 3.29. The molecule has 0 fully saturated rings. The Labute approximate surface area is 168 Å². The Balaban J connectivity index is 2.16. The lowest BCUT2D eigenvalue weighted by Crippen LogP contribution is -2.42. The van der Waals surface area contributed by atoms with Gasteiger partial charge in [-0.05, 0) is 52.3 Å². The van der Waals surface area contributed by atoms with Crippen molar-refractivity contribution in [2.45, 2.75) is 58.6 Å². The summed E-state index contributed by atoms with van der Waals surface area (Å²) in [6, 6.07) is 5.12. The smallest absolute Gasteiger partial charge is 0.305 e. The van der Waals surface area contributed by atoms with E-state index in [-0.39, 0.29) is 17.8 Å². The minimum absolute atomic E-state index is 0.0423. The van der Waals surface area contributed by atoms with Gasteiger partial charge in [0.15, 0.2) is 0 Å². The van der Waals surface area contributed by atoms with Gasteiger partial charge in [0.05, 0.1) is 25.0 Å². The number of carbonyl (C=O) groups excluding carboxylic acids is 1. The maximum atomic E-state index is 12.4. The fourth-order valence-electron chi connectivity index (χ4n) is 3.25. The third-order valence-corrected chi connectivity index (χ3v) is 6.61. The number of carbonyl (C=O) groups is 1. The first-order valence-corrected chi connectivity index (χ1v) is 11.3. The first-order chi connectivity index (χ1) is 13.1. The molecule has 1 unspecified atom stereocenters. The molecule has 1 heterocycles. The maximum absolute atomic E-state index is 12.4. The van der Waals surface area contributed by atoms with Gasteiger partial charge in [-0.2, -0.15) is 4.31 Å². The minimum Gasteiger partial charge on any atom is -0.494 e. The largest absolute Gasteiger partial charge is 0.494 e. The summed E-state index contributed by atoms with van der Waals surface area (Å²) in [6.07, 6.45) is 1.39. The zero-order chi connectivity index (χ0) is 20.9. The summed E-state index contributed by atoms with van der Waals surface area (Å²) in [5, 5.41) is 0. The Morgan fingerprint density at radius 1 is 1.32 bits per heavy atom. The SMILES string of the molecule is CCOC(=O)CCCOc1ccc2c(c1)C(N(C)S(=O)(=O)CC)CC(C)(C)O2. The number of esters is 1. The van der Waals surface area contributed by atoms with E-state index in [1.54, 1.807) is 27.0 Å². The first-order valence-electron chi connectivity index (χ1n) is 9.66. The standard InChI is InChI=1S/C20H31NO6S/c1-6-25-19(22)9-8-12-26-15-10-11-18-16(13-15)17(14-20(3,4)27-18)21(5)28(23,24)7-2/h10-11,13,17H,6-9,12,14H2,1-5H3. The van der Waals surface area contributed by atoms with E-state index in [2.05, 4.69) is 0 Å². The van der Waals surface area contributed by atoms with Crippen LogP contribution in [0.15, 0.2) is 18.2 Å². The molecule has 1 aromatic carbocycles. The first kappa shape index (κ1) is 22.5. The number of rotatable bonds is 9. The van der Waals surface area contributed by atoms with Crippen molar-refractivity contribution in [3.63, 3.8) is 0 Å². The molecule has 1 aromatic rings. The van der Waals surface area contributed by atoms with E-state index in [0.717, 1.165) is 5.56 Å². The third-order valence-electron chi connectivity index (χ3n) is 4.75. The van der Waals surface area contributed by atoms with Gasteiger partial charge in [-0.1, -0.05) is 0 Å². The van der Waals surface area contributed by atoms with Gasteiger partial charge in [0, 0.05) is 25.5 Å². The molecule has 8 heteroatoms. The predicted molar refractivity (Wildman–Crippen MR) is 107 cm³/mol. The Kier molecular flexibility index (Phi) is 7.33. The van der Waals surface area contributed by atoms with E-state index < -0.39 is 15.6 Å². The van der Waals surface area contributed by atoms with Crippen LogP contribution in [0.2, 0.25) is 0 Å². The van der Waals surface area contributed by atoms with Crippen LogP contribution in [-0.2, 0) is 19.6 Å². The second kappa shape index (κ2) is 9.13. The van der Waals surface area contributed by atoms with E-state index in [4.69, 9.17) is 14.2 Å². The number of hydrogen-bond donors (Lipinski definition) is 0. The zero-order valence-electron chi connectivity index (χ0n) is 17.4. The van der Waals surface area contributed by atoms with Crippen LogP contribution in [-0.4, -0.2) is 50.3 Å². The molecule has 0 N–H and O–H groups in total. The number of ether oxygens (including phenoxy) is 3. The van der Waals surface area contributed by atoms with Crippen LogP contribution in [0.1, 0.15) is 58.6 Å². The number of hydrogen-bond acceptors (Lipinski definition) is 6. The monoisotopic (exact) mass is 413 g/mol. The van der Waals surface area contributed by atoms with Gasteiger partial charge in [0.1, 0.15) is 17.1 Å². The lowest BCUT2D eigenvalue weighted by molar-refractivity contribution is -0.143. The highest BCUT2D eigenvalue weighted by atomic mass is 32.2. The van der Waals surface area contributed by atoms with Crippen molar-refractivity contribution in [1.82, 2.24) is 4.31 Å². The average Bonchev–Trinajstić information content (AvgIpc) is 2.63. The van der Waals surface area contributed by atoms with E-state index in [9.17, 15) is 13.2 Å². The van der Waals surface area contributed by atoms with Crippen molar-refractivity contribution in [3.8, 4) is 11.5 Å². The molecule has 0 radical (unpaired) electrons. The van der Waals surface area contributed by atoms with Gasteiger partial charge in [-0.3, -0.25) is 4.79 Å². The summed E-state index contributed by atoms with van der Waals surface area (Å²) in [4.78, 5) is 11.4. The molecule has 0 aliphatic carbocycles. The molecule has 1 aliphatic rings. The Hall–Kier alpha value is -1.80. The lowest BCUT2D eigenvalue weighted by Gasteiger charge is -2.40. The second-order valence-electron chi connectivity index (χ2n) is 7.46. The quantitative estimate of drug-likeness (QED) is 0.456. The molecule has 0 spiro atoms. The van der Waals surface area contributed by atoms with E-state index >= 15 is 0 Å². The van der Waals surface area contributed by atoms with Crippen LogP contribution in [0, 0.1) is 0 Å². The maximum Gasteiger partial charge on any atom is 0.305 e. The van der Waals surface area contributed by atoms with Crippen LogP contribution < -0.4 is 9.47 Å². The summed E-state index contributed by atoms with van der Waals surface area (Å²) < 4.78 is 43.0. The summed E-state index contributed by atoms with van der Waals surface area (Å²) in [5.74, 6) is 1.09. The van der Waals surface area contributed by atoms with Crippen molar-refractivity contribution in [3.05, 3.63) is 23.8 Å². The molecule has 158 valence electrons. The normalized spacial score (nSPS) is 18.3. The third kappa shape index (κ3) is 5.61. The van der Waals surface area contributed by atoms with Gasteiger partial charge in [0.25, 0.3) is 0 Å². The highest BCUT2D eigenvalue weighted by molar-refractivity contribution is 7.89. The fraction of sp³-hybridized carbons (Fsp3) is 0.650. The minimum atomic E-state index is -3.35. The van der Waals surface area contributed by atoms with Gasteiger partial charge >= 0.3 is 5.97 Å². The average molecular weight is 414 g/mol. The van der Waals surface area contributed by atoms with Crippen molar-refractivity contribution in [1.29, 1.82) is 0 Å². The molecule has 0 bridgehead atoms. The molecule has 28 heavy (non-hydrogen) atoms. The summed E-state index contributed by atoms with van der Waals surface area (Å²) >= 11 is 0. The van der Waals surface area contributed by atoms with Crippen molar-refractivity contribution >= 4 is 16.0 Å². The van der Waals surface area contributed by atoms with E-state index in [1.807, 2.05) is 26.0 Å². The molecule has 1 atom stereocenters. The van der Waals surface area contributed by atoms with Crippen LogP contribution in [0.5, 0.6) is 11.5 Å². The van der Waals surface area contributed by atoms with Gasteiger partial charge in [0.2, 0.25) is 10.0 Å². The molecule has 0 amide bonds. The second-order valence-corrected chi connectivity index (χ2v) is 9.77. The van der Waals surface area contributed by atoms with Crippen molar-refractivity contribution in [2.24, 2.45) is 0 Å². The fourth-order valence-corrected chi connectivity index (χ4v) is 4.23. The molecule has 2 rings (SSSR count). The van der Waals surface area contributed by atoms with E-state index in [0.29, 0.717) is 44.0 Å². The molecular weight excluding hydrogens is 382 g/mol. The topological polar surface area (TPSA) is 82.1 Å². The molecular formula is C20H31NO6S. The highest BCUT2D eigenvalue weighted by Crippen LogP contribution is 2.44.